The lowest BCUT2D eigenvalue weighted by molar-refractivity contribution is 0.0685. The van der Waals surface area contributed by atoms with Crippen LogP contribution in [0.1, 0.15) is 21.0 Å². The normalized spacial score (nSPS) is 10.5. The number of nitrogens with one attached hydrogen (secondary N) is 1. The minimum Gasteiger partial charge on any atom is -0.476 e. The molecular formula is C15H9BrN4O3. The zero-order valence-corrected chi connectivity index (χ0v) is 13.1. The highest BCUT2D eigenvalue weighted by Gasteiger charge is 2.20. The Hall–Kier alpha value is -2.87. The van der Waals surface area contributed by atoms with E-state index >= 15 is 0 Å². The minimum absolute atomic E-state index is 0.257. The molecule has 0 bridgehead atoms. The summed E-state index contributed by atoms with van der Waals surface area (Å²) in [5, 5.41) is 12.5. The molecule has 8 heteroatoms. The van der Waals surface area contributed by atoms with Crippen LogP contribution in [0.15, 0.2) is 47.3 Å². The first-order valence-electron chi connectivity index (χ1n) is 6.47. The fraction of sp³-hybridized carbons (Fsp3) is 0. The standard InChI is InChI=1S/C15H9BrN4O3/c16-9-3-4-10(11-8(9)2-1-5-17-11)20-14(21)12-13(15(22)23)19-7-6-18-12/h1-7H,(H,20,21)(H,22,23). The summed E-state index contributed by atoms with van der Waals surface area (Å²) < 4.78 is 0.837. The molecule has 0 aliphatic heterocycles. The second-order valence-electron chi connectivity index (χ2n) is 4.51. The van der Waals surface area contributed by atoms with Crippen molar-refractivity contribution in [3.63, 3.8) is 0 Å². The number of rotatable bonds is 3. The zero-order chi connectivity index (χ0) is 16.4. The summed E-state index contributed by atoms with van der Waals surface area (Å²) in [5.41, 5.74) is 0.373. The second-order valence-corrected chi connectivity index (χ2v) is 5.36. The van der Waals surface area contributed by atoms with Gasteiger partial charge in [-0.3, -0.25) is 9.78 Å². The van der Waals surface area contributed by atoms with E-state index in [0.29, 0.717) is 11.2 Å². The van der Waals surface area contributed by atoms with Crippen LogP contribution in [-0.4, -0.2) is 31.9 Å². The van der Waals surface area contributed by atoms with Gasteiger partial charge in [0.25, 0.3) is 5.91 Å². The minimum atomic E-state index is -1.32. The molecule has 1 aromatic carbocycles. The molecule has 0 fully saturated rings. The monoisotopic (exact) mass is 372 g/mol. The number of halogens is 1. The molecule has 0 unspecified atom stereocenters. The summed E-state index contributed by atoms with van der Waals surface area (Å²) in [4.78, 5) is 35.2. The number of fused-ring (bicyclic) bond motifs is 1. The Kier molecular flexibility index (Phi) is 3.98. The lowest BCUT2D eigenvalue weighted by atomic mass is 10.2. The summed E-state index contributed by atoms with van der Waals surface area (Å²) in [6.45, 7) is 0. The molecule has 114 valence electrons. The van der Waals surface area contributed by atoms with Gasteiger partial charge in [0, 0.05) is 28.4 Å². The first kappa shape index (κ1) is 15.0. The first-order valence-corrected chi connectivity index (χ1v) is 7.26. The van der Waals surface area contributed by atoms with Crippen molar-refractivity contribution in [2.75, 3.05) is 5.32 Å². The highest BCUT2D eigenvalue weighted by molar-refractivity contribution is 9.10. The highest BCUT2D eigenvalue weighted by atomic mass is 79.9. The number of carbonyl (C=O) groups is 2. The Bertz CT molecular complexity index is 929. The number of carboxylic acids is 1. The van der Waals surface area contributed by atoms with Gasteiger partial charge in [-0.05, 0) is 18.2 Å². The van der Waals surface area contributed by atoms with Crippen LogP contribution in [0.25, 0.3) is 10.9 Å². The molecule has 23 heavy (non-hydrogen) atoms. The molecule has 3 aromatic rings. The number of carboxylic acid groups (broad SMARTS) is 1. The lowest BCUT2D eigenvalue weighted by Crippen LogP contribution is -2.19. The molecule has 0 spiro atoms. The van der Waals surface area contributed by atoms with Crippen LogP contribution in [0.4, 0.5) is 5.69 Å². The molecule has 7 nitrogen and oxygen atoms in total. The van der Waals surface area contributed by atoms with Gasteiger partial charge in [0.1, 0.15) is 0 Å². The van der Waals surface area contributed by atoms with Crippen molar-refractivity contribution >= 4 is 44.4 Å². The van der Waals surface area contributed by atoms with E-state index in [1.807, 2.05) is 6.07 Å². The van der Waals surface area contributed by atoms with Crippen LogP contribution >= 0.6 is 15.9 Å². The number of anilines is 1. The average Bonchev–Trinajstić information content (AvgIpc) is 2.57. The van der Waals surface area contributed by atoms with Crippen molar-refractivity contribution in [2.24, 2.45) is 0 Å². The number of nitrogens with zero attached hydrogens (tertiary/aromatic N) is 3. The number of aromatic nitrogens is 3. The lowest BCUT2D eigenvalue weighted by Gasteiger charge is -2.09. The van der Waals surface area contributed by atoms with E-state index < -0.39 is 17.6 Å². The molecule has 2 aromatic heterocycles. The Labute approximate surface area is 138 Å². The van der Waals surface area contributed by atoms with E-state index in [-0.39, 0.29) is 5.69 Å². The van der Waals surface area contributed by atoms with Crippen molar-refractivity contribution < 1.29 is 14.7 Å². The molecule has 0 saturated heterocycles. The van der Waals surface area contributed by atoms with Crippen LogP contribution in [0.3, 0.4) is 0 Å². The highest BCUT2D eigenvalue weighted by Crippen LogP contribution is 2.28. The van der Waals surface area contributed by atoms with Crippen LogP contribution < -0.4 is 5.32 Å². The summed E-state index contributed by atoms with van der Waals surface area (Å²) in [7, 11) is 0. The van der Waals surface area contributed by atoms with E-state index in [1.165, 1.54) is 12.4 Å². The number of aromatic carboxylic acids is 1. The van der Waals surface area contributed by atoms with Crippen LogP contribution in [-0.2, 0) is 0 Å². The van der Waals surface area contributed by atoms with E-state index in [9.17, 15) is 9.59 Å². The predicted molar refractivity (Wildman–Crippen MR) is 86.4 cm³/mol. The van der Waals surface area contributed by atoms with E-state index in [0.717, 1.165) is 9.86 Å². The zero-order valence-electron chi connectivity index (χ0n) is 11.5. The van der Waals surface area contributed by atoms with Crippen molar-refractivity contribution in [1.29, 1.82) is 0 Å². The molecule has 2 N–H and O–H groups in total. The molecule has 1 amide bonds. The maximum Gasteiger partial charge on any atom is 0.356 e. The first-order chi connectivity index (χ1) is 11.1. The smallest absolute Gasteiger partial charge is 0.356 e. The fourth-order valence-corrected chi connectivity index (χ4v) is 2.53. The average molecular weight is 373 g/mol. The Morgan fingerprint density at radius 2 is 1.74 bits per heavy atom. The molecular weight excluding hydrogens is 364 g/mol. The summed E-state index contributed by atoms with van der Waals surface area (Å²) >= 11 is 3.42. The van der Waals surface area contributed by atoms with Gasteiger partial charge in [-0.25, -0.2) is 14.8 Å². The molecule has 0 radical (unpaired) electrons. The third-order valence-corrected chi connectivity index (χ3v) is 3.77. The molecule has 0 atom stereocenters. The third kappa shape index (κ3) is 2.88. The van der Waals surface area contributed by atoms with Gasteiger partial charge in [-0.1, -0.05) is 22.0 Å². The van der Waals surface area contributed by atoms with Gasteiger partial charge in [0.15, 0.2) is 11.4 Å². The van der Waals surface area contributed by atoms with Gasteiger partial charge in [0.05, 0.1) is 11.2 Å². The number of hydrogen-bond acceptors (Lipinski definition) is 5. The van der Waals surface area contributed by atoms with Crippen molar-refractivity contribution in [3.05, 3.63) is 58.7 Å². The Morgan fingerprint density at radius 1 is 1.00 bits per heavy atom. The van der Waals surface area contributed by atoms with Crippen LogP contribution in [0.5, 0.6) is 0 Å². The Balaban J connectivity index is 2.02. The summed E-state index contributed by atoms with van der Waals surface area (Å²) in [6.07, 6.45) is 4.09. The number of amides is 1. The molecule has 2 heterocycles. The molecule has 3 rings (SSSR count). The van der Waals surface area contributed by atoms with Crippen LogP contribution in [0, 0.1) is 0 Å². The van der Waals surface area contributed by atoms with Gasteiger partial charge in [-0.15, -0.1) is 0 Å². The summed E-state index contributed by atoms with van der Waals surface area (Å²) in [5.74, 6) is -1.98. The van der Waals surface area contributed by atoms with Gasteiger partial charge in [-0.2, -0.15) is 0 Å². The van der Waals surface area contributed by atoms with Gasteiger partial charge in [0.2, 0.25) is 0 Å². The topological polar surface area (TPSA) is 105 Å². The number of pyridine rings is 1. The van der Waals surface area contributed by atoms with Gasteiger partial charge >= 0.3 is 5.97 Å². The maximum atomic E-state index is 12.4. The van der Waals surface area contributed by atoms with E-state index in [4.69, 9.17) is 5.11 Å². The number of benzene rings is 1. The van der Waals surface area contributed by atoms with Crippen molar-refractivity contribution in [3.8, 4) is 0 Å². The van der Waals surface area contributed by atoms with E-state index in [2.05, 4.69) is 36.2 Å². The number of hydrogen-bond donors (Lipinski definition) is 2. The molecule has 0 aliphatic carbocycles. The fourth-order valence-electron chi connectivity index (χ4n) is 2.08. The second kappa shape index (κ2) is 6.09. The third-order valence-electron chi connectivity index (χ3n) is 3.08. The predicted octanol–water partition coefficient (Wildman–Crippen LogP) is 2.74. The Morgan fingerprint density at radius 3 is 2.48 bits per heavy atom. The van der Waals surface area contributed by atoms with Gasteiger partial charge < -0.3 is 10.4 Å². The quantitative estimate of drug-likeness (QED) is 0.732. The molecule has 0 aliphatic rings. The largest absolute Gasteiger partial charge is 0.476 e. The van der Waals surface area contributed by atoms with E-state index in [1.54, 1.807) is 24.4 Å². The van der Waals surface area contributed by atoms with Crippen LogP contribution in [0.2, 0.25) is 0 Å². The van der Waals surface area contributed by atoms with Crippen molar-refractivity contribution in [2.45, 2.75) is 0 Å². The van der Waals surface area contributed by atoms with Crippen molar-refractivity contribution in [1.82, 2.24) is 15.0 Å². The number of carbonyl (C=O) groups excluding carboxylic acids is 1. The SMILES string of the molecule is O=C(O)c1nccnc1C(=O)Nc1ccc(Br)c2cccnc12. The molecule has 0 saturated carbocycles. The maximum absolute atomic E-state index is 12.4. The summed E-state index contributed by atoms with van der Waals surface area (Å²) in [6, 6.07) is 7.08.